The van der Waals surface area contributed by atoms with Gasteiger partial charge in [0.2, 0.25) is 0 Å². The van der Waals surface area contributed by atoms with Crippen LogP contribution in [0.15, 0.2) is 0 Å². The Kier molecular flexibility index (Phi) is 3.34. The molecule has 11 heavy (non-hydrogen) atoms. The first-order valence-electron chi connectivity index (χ1n) is 4.72. The largest absolute Gasteiger partial charge is 0.329 e. The van der Waals surface area contributed by atoms with Gasteiger partial charge in [0.1, 0.15) is 0 Å². The Labute approximate surface area is 69.8 Å². The summed E-state index contributed by atoms with van der Waals surface area (Å²) in [7, 11) is 0. The molecule has 0 amide bonds. The molecule has 1 saturated heterocycles. The molecule has 0 radical (unpaired) electrons. The molecular weight excluding hydrogens is 136 g/mol. The van der Waals surface area contributed by atoms with Gasteiger partial charge in [0.25, 0.3) is 0 Å². The second-order valence-corrected chi connectivity index (χ2v) is 3.69. The molecule has 2 heteroatoms. The number of nitrogens with zero attached hydrogens (tertiary/aromatic N) is 1. The zero-order valence-electron chi connectivity index (χ0n) is 7.71. The van der Waals surface area contributed by atoms with E-state index in [-0.39, 0.29) is 0 Å². The van der Waals surface area contributed by atoms with E-state index in [0.29, 0.717) is 6.04 Å². The summed E-state index contributed by atoms with van der Waals surface area (Å²) >= 11 is 0. The maximum atomic E-state index is 5.56. The van der Waals surface area contributed by atoms with Gasteiger partial charge in [0, 0.05) is 25.7 Å². The second kappa shape index (κ2) is 4.07. The fourth-order valence-electron chi connectivity index (χ4n) is 1.71. The Balaban J connectivity index is 2.08. The van der Waals surface area contributed by atoms with Gasteiger partial charge in [-0.3, -0.25) is 4.90 Å². The number of hydrogen-bond donors (Lipinski definition) is 1. The maximum Gasteiger partial charge on any atom is 0.0190 e. The van der Waals surface area contributed by atoms with E-state index >= 15 is 0 Å². The van der Waals surface area contributed by atoms with Gasteiger partial charge in [0.05, 0.1) is 0 Å². The minimum Gasteiger partial charge on any atom is -0.329 e. The number of nitrogens with two attached hydrogens (primary N) is 1. The maximum absolute atomic E-state index is 5.56. The molecule has 1 fully saturated rings. The van der Waals surface area contributed by atoms with Crippen LogP contribution in [-0.4, -0.2) is 30.6 Å². The van der Waals surface area contributed by atoms with Crippen LogP contribution >= 0.6 is 0 Å². The minimum absolute atomic E-state index is 0.600. The SMILES string of the molecule is CCCC1CN(C(C)CN)C1. The molecule has 2 N–H and O–H groups in total. The van der Waals surface area contributed by atoms with Gasteiger partial charge in [-0.25, -0.2) is 0 Å². The Hall–Kier alpha value is -0.0800. The van der Waals surface area contributed by atoms with Gasteiger partial charge >= 0.3 is 0 Å². The van der Waals surface area contributed by atoms with Gasteiger partial charge in [-0.05, 0) is 19.3 Å². The Morgan fingerprint density at radius 2 is 2.18 bits per heavy atom. The monoisotopic (exact) mass is 156 g/mol. The second-order valence-electron chi connectivity index (χ2n) is 3.69. The summed E-state index contributed by atoms with van der Waals surface area (Å²) < 4.78 is 0. The molecule has 0 aliphatic carbocycles. The fourth-order valence-corrected chi connectivity index (χ4v) is 1.71. The lowest BCUT2D eigenvalue weighted by Crippen LogP contribution is -2.53. The lowest BCUT2D eigenvalue weighted by atomic mass is 9.93. The summed E-state index contributed by atoms with van der Waals surface area (Å²) in [5, 5.41) is 0. The van der Waals surface area contributed by atoms with Crippen molar-refractivity contribution in [3.8, 4) is 0 Å². The van der Waals surface area contributed by atoms with Crippen molar-refractivity contribution in [3.63, 3.8) is 0 Å². The van der Waals surface area contributed by atoms with Crippen molar-refractivity contribution in [3.05, 3.63) is 0 Å². The molecule has 0 aromatic rings. The molecular formula is C9H20N2. The summed E-state index contributed by atoms with van der Waals surface area (Å²) in [5.41, 5.74) is 5.56. The van der Waals surface area contributed by atoms with E-state index in [9.17, 15) is 0 Å². The topological polar surface area (TPSA) is 29.3 Å². The van der Waals surface area contributed by atoms with E-state index in [0.717, 1.165) is 12.5 Å². The molecule has 2 nitrogen and oxygen atoms in total. The third-order valence-electron chi connectivity index (χ3n) is 2.65. The standard InChI is InChI=1S/C9H20N2/c1-3-4-9-6-11(7-9)8(2)5-10/h8-9H,3-7,10H2,1-2H3. The Morgan fingerprint density at radius 3 is 2.64 bits per heavy atom. The summed E-state index contributed by atoms with van der Waals surface area (Å²) in [6, 6.07) is 0.600. The van der Waals surface area contributed by atoms with Crippen LogP contribution in [0.25, 0.3) is 0 Å². The number of hydrogen-bond acceptors (Lipinski definition) is 2. The predicted octanol–water partition coefficient (Wildman–Crippen LogP) is 1.07. The molecule has 1 unspecified atom stereocenters. The molecule has 1 heterocycles. The van der Waals surface area contributed by atoms with Gasteiger partial charge in [-0.2, -0.15) is 0 Å². The van der Waals surface area contributed by atoms with E-state index in [1.165, 1.54) is 25.9 Å². The minimum atomic E-state index is 0.600. The van der Waals surface area contributed by atoms with Crippen LogP contribution in [0.5, 0.6) is 0 Å². The number of rotatable bonds is 4. The van der Waals surface area contributed by atoms with Gasteiger partial charge in [-0.1, -0.05) is 13.3 Å². The third-order valence-corrected chi connectivity index (χ3v) is 2.65. The van der Waals surface area contributed by atoms with Crippen LogP contribution in [0.4, 0.5) is 0 Å². The summed E-state index contributed by atoms with van der Waals surface area (Å²) in [6.07, 6.45) is 2.73. The zero-order chi connectivity index (χ0) is 8.27. The van der Waals surface area contributed by atoms with Gasteiger partial charge in [-0.15, -0.1) is 0 Å². The average molecular weight is 156 g/mol. The van der Waals surface area contributed by atoms with Crippen molar-refractivity contribution in [2.24, 2.45) is 11.7 Å². The van der Waals surface area contributed by atoms with E-state index in [1.54, 1.807) is 0 Å². The predicted molar refractivity (Wildman–Crippen MR) is 48.5 cm³/mol. The van der Waals surface area contributed by atoms with Crippen LogP contribution < -0.4 is 5.73 Å². The highest BCUT2D eigenvalue weighted by molar-refractivity contribution is 4.83. The molecule has 1 aliphatic heterocycles. The third kappa shape index (κ3) is 2.17. The molecule has 0 spiro atoms. The Bertz CT molecular complexity index is 108. The summed E-state index contributed by atoms with van der Waals surface area (Å²) in [6.45, 7) is 7.84. The average Bonchev–Trinajstić information content (AvgIpc) is 1.94. The normalized spacial score (nSPS) is 23.2. The lowest BCUT2D eigenvalue weighted by molar-refractivity contribution is 0.0584. The molecule has 0 aromatic heterocycles. The van der Waals surface area contributed by atoms with E-state index in [1.807, 2.05) is 0 Å². The molecule has 66 valence electrons. The highest BCUT2D eigenvalue weighted by Crippen LogP contribution is 2.21. The highest BCUT2D eigenvalue weighted by Gasteiger charge is 2.28. The summed E-state index contributed by atoms with van der Waals surface area (Å²) in [5.74, 6) is 0.967. The van der Waals surface area contributed by atoms with Crippen molar-refractivity contribution in [1.29, 1.82) is 0 Å². The van der Waals surface area contributed by atoms with Gasteiger partial charge in [0.15, 0.2) is 0 Å². The molecule has 0 aromatic carbocycles. The smallest absolute Gasteiger partial charge is 0.0190 e. The van der Waals surface area contributed by atoms with Crippen LogP contribution in [0, 0.1) is 5.92 Å². The lowest BCUT2D eigenvalue weighted by Gasteiger charge is -2.43. The van der Waals surface area contributed by atoms with Crippen molar-refractivity contribution < 1.29 is 0 Å². The van der Waals surface area contributed by atoms with Crippen LogP contribution in [-0.2, 0) is 0 Å². The van der Waals surface area contributed by atoms with Crippen LogP contribution in [0.2, 0.25) is 0 Å². The van der Waals surface area contributed by atoms with Crippen molar-refractivity contribution in [2.45, 2.75) is 32.7 Å². The molecule has 1 rings (SSSR count). The van der Waals surface area contributed by atoms with Crippen LogP contribution in [0.3, 0.4) is 0 Å². The van der Waals surface area contributed by atoms with E-state index in [2.05, 4.69) is 18.7 Å². The highest BCUT2D eigenvalue weighted by atomic mass is 15.2. The molecule has 1 atom stereocenters. The van der Waals surface area contributed by atoms with Crippen molar-refractivity contribution in [2.75, 3.05) is 19.6 Å². The van der Waals surface area contributed by atoms with E-state index < -0.39 is 0 Å². The first-order valence-corrected chi connectivity index (χ1v) is 4.72. The van der Waals surface area contributed by atoms with Crippen molar-refractivity contribution in [1.82, 2.24) is 4.90 Å². The Morgan fingerprint density at radius 1 is 1.55 bits per heavy atom. The summed E-state index contributed by atoms with van der Waals surface area (Å²) in [4.78, 5) is 2.47. The van der Waals surface area contributed by atoms with Gasteiger partial charge < -0.3 is 5.73 Å². The van der Waals surface area contributed by atoms with Crippen molar-refractivity contribution >= 4 is 0 Å². The fraction of sp³-hybridized carbons (Fsp3) is 1.00. The first-order chi connectivity index (χ1) is 5.27. The van der Waals surface area contributed by atoms with Crippen LogP contribution in [0.1, 0.15) is 26.7 Å². The number of likely N-dealkylation sites (tertiary alicyclic amines) is 1. The van der Waals surface area contributed by atoms with E-state index in [4.69, 9.17) is 5.73 Å². The quantitative estimate of drug-likeness (QED) is 0.659. The first kappa shape index (κ1) is 9.01. The molecule has 0 bridgehead atoms. The zero-order valence-corrected chi connectivity index (χ0v) is 7.71. The molecule has 1 aliphatic rings. The molecule has 0 saturated carbocycles.